The second kappa shape index (κ2) is 10.6. The smallest absolute Gasteiger partial charge is 0.258 e. The van der Waals surface area contributed by atoms with Gasteiger partial charge < -0.3 is 9.64 Å². The maximum absolute atomic E-state index is 13.5. The summed E-state index contributed by atoms with van der Waals surface area (Å²) in [6.07, 6.45) is 2.70. The van der Waals surface area contributed by atoms with Crippen LogP contribution in [0.1, 0.15) is 41.3 Å². The number of halogens is 1. The number of para-hydroxylation sites is 1. The molecule has 3 aromatic rings. The van der Waals surface area contributed by atoms with Crippen LogP contribution in [-0.2, 0) is 13.0 Å². The van der Waals surface area contributed by atoms with Gasteiger partial charge in [0.2, 0.25) is 0 Å². The fourth-order valence-corrected chi connectivity index (χ4v) is 4.53. The van der Waals surface area contributed by atoms with Gasteiger partial charge in [0.25, 0.3) is 5.91 Å². The first-order valence-corrected chi connectivity index (χ1v) is 11.6. The molecule has 0 bridgehead atoms. The van der Waals surface area contributed by atoms with Crippen LogP contribution in [0.25, 0.3) is 0 Å². The molecule has 1 aliphatic rings. The van der Waals surface area contributed by atoms with Crippen LogP contribution in [0.2, 0.25) is 0 Å². The van der Waals surface area contributed by atoms with E-state index in [9.17, 15) is 9.18 Å². The minimum atomic E-state index is -0.338. The van der Waals surface area contributed by atoms with Crippen LogP contribution < -0.4 is 9.64 Å². The van der Waals surface area contributed by atoms with Crippen LogP contribution in [0.15, 0.2) is 72.8 Å². The molecule has 4 rings (SSSR count). The van der Waals surface area contributed by atoms with Gasteiger partial charge in [-0.1, -0.05) is 37.3 Å². The summed E-state index contributed by atoms with van der Waals surface area (Å²) in [4.78, 5) is 17.9. The Kier molecular flexibility index (Phi) is 7.40. The Bertz CT molecular complexity index is 1060. The molecule has 0 atom stereocenters. The molecule has 0 aliphatic carbocycles. The molecule has 0 saturated carbocycles. The lowest BCUT2D eigenvalue weighted by Crippen LogP contribution is -2.47. The highest BCUT2D eigenvalue weighted by Gasteiger charge is 2.30. The summed E-state index contributed by atoms with van der Waals surface area (Å²) in [5.41, 5.74) is 3.81. The fourth-order valence-electron chi connectivity index (χ4n) is 4.53. The second-order valence-corrected chi connectivity index (χ2v) is 8.52. The minimum Gasteiger partial charge on any atom is -0.496 e. The van der Waals surface area contributed by atoms with Crippen LogP contribution >= 0.6 is 0 Å². The van der Waals surface area contributed by atoms with E-state index in [1.165, 1.54) is 23.3 Å². The first kappa shape index (κ1) is 23.0. The molecule has 1 aliphatic heterocycles. The van der Waals surface area contributed by atoms with Gasteiger partial charge in [0, 0.05) is 42.5 Å². The number of methoxy groups -OCH3 is 1. The van der Waals surface area contributed by atoms with Crippen molar-refractivity contribution in [3.05, 3.63) is 95.3 Å². The van der Waals surface area contributed by atoms with Crippen molar-refractivity contribution in [2.75, 3.05) is 25.1 Å². The van der Waals surface area contributed by atoms with Crippen molar-refractivity contribution >= 4 is 11.6 Å². The Morgan fingerprint density at radius 2 is 1.67 bits per heavy atom. The van der Waals surface area contributed by atoms with Crippen LogP contribution in [-0.4, -0.2) is 37.0 Å². The van der Waals surface area contributed by atoms with Gasteiger partial charge >= 0.3 is 0 Å². The second-order valence-electron chi connectivity index (χ2n) is 8.52. The largest absolute Gasteiger partial charge is 0.496 e. The molecule has 1 heterocycles. The molecule has 1 saturated heterocycles. The van der Waals surface area contributed by atoms with Crippen LogP contribution in [0.5, 0.6) is 5.75 Å². The Labute approximate surface area is 195 Å². The highest BCUT2D eigenvalue weighted by Crippen LogP contribution is 2.28. The molecular weight excluding hydrogens is 415 g/mol. The van der Waals surface area contributed by atoms with Gasteiger partial charge in [-0.2, -0.15) is 0 Å². The van der Waals surface area contributed by atoms with E-state index in [0.29, 0.717) is 5.56 Å². The average Bonchev–Trinajstić information content (AvgIpc) is 2.86. The first-order chi connectivity index (χ1) is 16.1. The Morgan fingerprint density at radius 3 is 2.30 bits per heavy atom. The summed E-state index contributed by atoms with van der Waals surface area (Å²) < 4.78 is 19.0. The molecule has 1 amide bonds. The van der Waals surface area contributed by atoms with Crippen molar-refractivity contribution in [3.8, 4) is 5.75 Å². The Balaban J connectivity index is 1.52. The third-order valence-electron chi connectivity index (χ3n) is 6.44. The number of amides is 1. The third-order valence-corrected chi connectivity index (χ3v) is 6.44. The Morgan fingerprint density at radius 1 is 1.00 bits per heavy atom. The monoisotopic (exact) mass is 446 g/mol. The normalized spacial score (nSPS) is 14.8. The predicted octanol–water partition coefficient (Wildman–Crippen LogP) is 5.71. The average molecular weight is 447 g/mol. The number of carbonyl (C=O) groups excluding carboxylic acids is 1. The number of piperidine rings is 1. The molecule has 4 nitrogen and oxygen atoms in total. The quantitative estimate of drug-likeness (QED) is 0.466. The zero-order valence-corrected chi connectivity index (χ0v) is 19.3. The van der Waals surface area contributed by atoms with Crippen LogP contribution in [0, 0.1) is 5.82 Å². The molecule has 3 aromatic carbocycles. The van der Waals surface area contributed by atoms with Crippen molar-refractivity contribution in [2.45, 2.75) is 38.8 Å². The van der Waals surface area contributed by atoms with Gasteiger partial charge in [-0.05, 0) is 67.3 Å². The van der Waals surface area contributed by atoms with Crippen molar-refractivity contribution in [1.29, 1.82) is 0 Å². The van der Waals surface area contributed by atoms with E-state index in [2.05, 4.69) is 30.0 Å². The SMILES string of the molecule is CCc1ccc(N(C(=O)c2ccc(F)cc2)C2CCN(Cc3ccccc3OC)CC2)cc1. The lowest BCUT2D eigenvalue weighted by atomic mass is 9.99. The summed E-state index contributed by atoms with van der Waals surface area (Å²) in [7, 11) is 1.70. The number of rotatable bonds is 7. The lowest BCUT2D eigenvalue weighted by Gasteiger charge is -2.39. The van der Waals surface area contributed by atoms with E-state index in [1.54, 1.807) is 19.2 Å². The van der Waals surface area contributed by atoms with Gasteiger partial charge in [-0.15, -0.1) is 0 Å². The number of nitrogens with zero attached hydrogens (tertiary/aromatic N) is 2. The summed E-state index contributed by atoms with van der Waals surface area (Å²) in [5.74, 6) is 0.487. The van der Waals surface area contributed by atoms with Gasteiger partial charge in [-0.25, -0.2) is 4.39 Å². The standard InChI is InChI=1S/C28H31FN2O2/c1-3-21-8-14-25(15-9-21)31(28(32)22-10-12-24(29)13-11-22)26-16-18-30(19-17-26)20-23-6-4-5-7-27(23)33-2/h4-15,26H,3,16-20H2,1-2H3. The summed E-state index contributed by atoms with van der Waals surface area (Å²) in [5, 5.41) is 0. The number of anilines is 1. The van der Waals surface area contributed by atoms with Crippen LogP contribution in [0.3, 0.4) is 0 Å². The summed E-state index contributed by atoms with van der Waals surface area (Å²) in [6, 6.07) is 22.3. The van der Waals surface area contributed by atoms with Crippen molar-refractivity contribution in [2.24, 2.45) is 0 Å². The molecule has 0 unspecified atom stereocenters. The third kappa shape index (κ3) is 5.42. The van der Waals surface area contributed by atoms with Crippen molar-refractivity contribution < 1.29 is 13.9 Å². The molecule has 0 aromatic heterocycles. The molecule has 0 radical (unpaired) electrons. The minimum absolute atomic E-state index is 0.0811. The molecule has 172 valence electrons. The van der Waals surface area contributed by atoms with E-state index in [1.807, 2.05) is 35.2 Å². The molecular formula is C28H31FN2O2. The zero-order chi connectivity index (χ0) is 23.2. The molecule has 1 fully saturated rings. The number of aryl methyl sites for hydroxylation is 1. The molecule has 5 heteroatoms. The number of benzene rings is 3. The van der Waals surface area contributed by atoms with Gasteiger partial charge in [0.1, 0.15) is 11.6 Å². The van der Waals surface area contributed by atoms with E-state index in [-0.39, 0.29) is 17.8 Å². The topological polar surface area (TPSA) is 32.8 Å². The molecule has 33 heavy (non-hydrogen) atoms. The predicted molar refractivity (Wildman–Crippen MR) is 130 cm³/mol. The maximum Gasteiger partial charge on any atom is 0.258 e. The van der Waals surface area contributed by atoms with Gasteiger partial charge in [-0.3, -0.25) is 9.69 Å². The molecule has 0 spiro atoms. The fraction of sp³-hybridized carbons (Fsp3) is 0.321. The van der Waals surface area contributed by atoms with E-state index >= 15 is 0 Å². The summed E-state index contributed by atoms with van der Waals surface area (Å²) >= 11 is 0. The van der Waals surface area contributed by atoms with E-state index in [4.69, 9.17) is 4.74 Å². The maximum atomic E-state index is 13.5. The van der Waals surface area contributed by atoms with Gasteiger partial charge in [0.15, 0.2) is 0 Å². The van der Waals surface area contributed by atoms with E-state index in [0.717, 1.165) is 50.3 Å². The highest BCUT2D eigenvalue weighted by atomic mass is 19.1. The van der Waals surface area contributed by atoms with Crippen molar-refractivity contribution in [1.82, 2.24) is 4.90 Å². The number of hydrogen-bond donors (Lipinski definition) is 0. The summed E-state index contributed by atoms with van der Waals surface area (Å²) in [6.45, 7) is 4.73. The van der Waals surface area contributed by atoms with Crippen molar-refractivity contribution in [3.63, 3.8) is 0 Å². The Hall–Kier alpha value is -3.18. The first-order valence-electron chi connectivity index (χ1n) is 11.6. The lowest BCUT2D eigenvalue weighted by molar-refractivity contribution is 0.0958. The van der Waals surface area contributed by atoms with Gasteiger partial charge in [0.05, 0.1) is 7.11 Å². The zero-order valence-electron chi connectivity index (χ0n) is 19.3. The number of ether oxygens (including phenoxy) is 1. The molecule has 0 N–H and O–H groups in total. The number of likely N-dealkylation sites (tertiary alicyclic amines) is 1. The van der Waals surface area contributed by atoms with Crippen LogP contribution in [0.4, 0.5) is 10.1 Å². The number of carbonyl (C=O) groups is 1. The number of hydrogen-bond acceptors (Lipinski definition) is 3. The highest BCUT2D eigenvalue weighted by molar-refractivity contribution is 6.06. The van der Waals surface area contributed by atoms with E-state index < -0.39 is 0 Å².